The molecule has 0 spiro atoms. The van der Waals surface area contributed by atoms with Crippen molar-refractivity contribution in [1.82, 2.24) is 9.71 Å². The fourth-order valence-electron chi connectivity index (χ4n) is 1.72. The van der Waals surface area contributed by atoms with Crippen molar-refractivity contribution in [2.75, 3.05) is 0 Å². The van der Waals surface area contributed by atoms with Crippen LogP contribution in [0.25, 0.3) is 0 Å². The molecule has 0 aliphatic heterocycles. The number of aromatic amines is 1. The SMILES string of the molecule is CCc1ccc(CNS(=O)(=O)c2ccc(=O)[nH]c2)cc1. The highest BCUT2D eigenvalue weighted by atomic mass is 32.2. The number of benzene rings is 1. The Morgan fingerprint density at radius 3 is 2.25 bits per heavy atom. The average Bonchev–Trinajstić information content (AvgIpc) is 2.46. The smallest absolute Gasteiger partial charge is 0.247 e. The third-order valence-corrected chi connectivity index (χ3v) is 4.36. The van der Waals surface area contributed by atoms with E-state index >= 15 is 0 Å². The summed E-state index contributed by atoms with van der Waals surface area (Å²) in [6, 6.07) is 10.2. The first-order valence-corrected chi connectivity index (χ1v) is 7.76. The lowest BCUT2D eigenvalue weighted by Gasteiger charge is -2.07. The van der Waals surface area contributed by atoms with Crippen LogP contribution in [0.3, 0.4) is 0 Å². The topological polar surface area (TPSA) is 79.0 Å². The zero-order valence-electron chi connectivity index (χ0n) is 11.1. The Labute approximate surface area is 117 Å². The quantitative estimate of drug-likeness (QED) is 0.874. The lowest BCUT2D eigenvalue weighted by Crippen LogP contribution is -2.24. The van der Waals surface area contributed by atoms with E-state index in [1.54, 1.807) is 0 Å². The van der Waals surface area contributed by atoms with Gasteiger partial charge in [0, 0.05) is 18.8 Å². The molecule has 0 aliphatic carbocycles. The molecule has 6 heteroatoms. The Morgan fingerprint density at radius 2 is 1.70 bits per heavy atom. The normalized spacial score (nSPS) is 11.4. The van der Waals surface area contributed by atoms with Gasteiger partial charge in [0.25, 0.3) is 0 Å². The number of H-pyrrole nitrogens is 1. The maximum atomic E-state index is 12.0. The molecule has 0 radical (unpaired) electrons. The maximum absolute atomic E-state index is 12.0. The summed E-state index contributed by atoms with van der Waals surface area (Å²) in [5, 5.41) is 0. The Balaban J connectivity index is 2.08. The minimum Gasteiger partial charge on any atom is -0.328 e. The molecule has 0 amide bonds. The molecule has 0 unspecified atom stereocenters. The van der Waals surface area contributed by atoms with E-state index in [0.717, 1.165) is 12.0 Å². The Bertz CT molecular complexity index is 713. The molecule has 1 aromatic heterocycles. The Morgan fingerprint density at radius 1 is 1.05 bits per heavy atom. The van der Waals surface area contributed by atoms with E-state index in [-0.39, 0.29) is 17.0 Å². The summed E-state index contributed by atoms with van der Waals surface area (Å²) in [6.07, 6.45) is 2.13. The van der Waals surface area contributed by atoms with Crippen LogP contribution in [-0.2, 0) is 23.0 Å². The number of aryl methyl sites for hydroxylation is 1. The lowest BCUT2D eigenvalue weighted by atomic mass is 10.1. The van der Waals surface area contributed by atoms with E-state index in [4.69, 9.17) is 0 Å². The van der Waals surface area contributed by atoms with Crippen molar-refractivity contribution >= 4 is 10.0 Å². The highest BCUT2D eigenvalue weighted by Gasteiger charge is 2.13. The largest absolute Gasteiger partial charge is 0.328 e. The third-order valence-electron chi connectivity index (χ3n) is 2.96. The van der Waals surface area contributed by atoms with Gasteiger partial charge in [-0.05, 0) is 23.6 Å². The molecule has 1 aromatic carbocycles. The van der Waals surface area contributed by atoms with Gasteiger partial charge in [-0.15, -0.1) is 0 Å². The molecule has 0 atom stereocenters. The second-order valence-electron chi connectivity index (χ2n) is 4.38. The van der Waals surface area contributed by atoms with Crippen molar-refractivity contribution in [2.24, 2.45) is 0 Å². The first kappa shape index (κ1) is 14.5. The Hall–Kier alpha value is -1.92. The minimum atomic E-state index is -3.61. The van der Waals surface area contributed by atoms with Gasteiger partial charge >= 0.3 is 0 Å². The molecule has 0 aliphatic rings. The number of rotatable bonds is 5. The summed E-state index contributed by atoms with van der Waals surface area (Å²) < 4.78 is 26.5. The van der Waals surface area contributed by atoms with E-state index < -0.39 is 10.0 Å². The Kier molecular flexibility index (Phi) is 4.36. The van der Waals surface area contributed by atoms with Crippen LogP contribution in [0.4, 0.5) is 0 Å². The molecule has 0 bridgehead atoms. The number of pyridine rings is 1. The third kappa shape index (κ3) is 3.55. The molecule has 0 saturated carbocycles. The zero-order chi connectivity index (χ0) is 14.6. The van der Waals surface area contributed by atoms with E-state index in [1.165, 1.54) is 23.9 Å². The molecule has 2 rings (SSSR count). The summed E-state index contributed by atoms with van der Waals surface area (Å²) in [4.78, 5) is 13.3. The average molecular weight is 292 g/mol. The van der Waals surface area contributed by atoms with Gasteiger partial charge < -0.3 is 4.98 Å². The monoisotopic (exact) mass is 292 g/mol. The maximum Gasteiger partial charge on any atom is 0.247 e. The van der Waals surface area contributed by atoms with Crippen LogP contribution in [0.2, 0.25) is 0 Å². The first-order chi connectivity index (χ1) is 9.51. The number of hydrogen-bond acceptors (Lipinski definition) is 3. The van der Waals surface area contributed by atoms with Crippen LogP contribution in [0.15, 0.2) is 52.3 Å². The van der Waals surface area contributed by atoms with Crippen molar-refractivity contribution in [2.45, 2.75) is 24.8 Å². The van der Waals surface area contributed by atoms with Crippen LogP contribution in [-0.4, -0.2) is 13.4 Å². The number of aromatic nitrogens is 1. The van der Waals surface area contributed by atoms with Gasteiger partial charge in [0.15, 0.2) is 0 Å². The van der Waals surface area contributed by atoms with Crippen molar-refractivity contribution in [3.05, 3.63) is 64.1 Å². The van der Waals surface area contributed by atoms with E-state index in [9.17, 15) is 13.2 Å². The van der Waals surface area contributed by atoms with Gasteiger partial charge in [-0.1, -0.05) is 31.2 Å². The van der Waals surface area contributed by atoms with Crippen molar-refractivity contribution in [3.8, 4) is 0 Å². The van der Waals surface area contributed by atoms with Crippen LogP contribution in [0.1, 0.15) is 18.1 Å². The standard InChI is InChI=1S/C14H16N2O3S/c1-2-11-3-5-12(6-4-11)9-16-20(18,19)13-7-8-14(17)15-10-13/h3-8,10,16H,2,9H2,1H3,(H,15,17). The van der Waals surface area contributed by atoms with Crippen molar-refractivity contribution in [1.29, 1.82) is 0 Å². The molecule has 2 N–H and O–H groups in total. The fraction of sp³-hybridized carbons (Fsp3) is 0.214. The predicted molar refractivity (Wildman–Crippen MR) is 76.9 cm³/mol. The molecule has 0 fully saturated rings. The predicted octanol–water partition coefficient (Wildman–Crippen LogP) is 1.42. The van der Waals surface area contributed by atoms with E-state index in [0.29, 0.717) is 0 Å². The van der Waals surface area contributed by atoms with Gasteiger partial charge in [0.1, 0.15) is 0 Å². The van der Waals surface area contributed by atoms with Crippen LogP contribution < -0.4 is 10.3 Å². The molecule has 0 saturated heterocycles. The highest BCUT2D eigenvalue weighted by Crippen LogP contribution is 2.08. The second-order valence-corrected chi connectivity index (χ2v) is 6.15. The van der Waals surface area contributed by atoms with Gasteiger partial charge in [-0.3, -0.25) is 4.79 Å². The van der Waals surface area contributed by atoms with Crippen LogP contribution >= 0.6 is 0 Å². The van der Waals surface area contributed by atoms with Gasteiger partial charge in [-0.25, -0.2) is 13.1 Å². The molecule has 1 heterocycles. The van der Waals surface area contributed by atoms with Gasteiger partial charge in [0.2, 0.25) is 15.6 Å². The van der Waals surface area contributed by atoms with Crippen LogP contribution in [0, 0.1) is 0 Å². The number of hydrogen-bond donors (Lipinski definition) is 2. The number of nitrogens with one attached hydrogen (secondary N) is 2. The molecular formula is C14H16N2O3S. The van der Waals surface area contributed by atoms with Crippen molar-refractivity contribution < 1.29 is 8.42 Å². The first-order valence-electron chi connectivity index (χ1n) is 6.27. The van der Waals surface area contributed by atoms with E-state index in [2.05, 4.69) is 16.6 Å². The minimum absolute atomic E-state index is 0.0438. The summed E-state index contributed by atoms with van der Waals surface area (Å²) in [5.74, 6) is 0. The number of sulfonamides is 1. The summed E-state index contributed by atoms with van der Waals surface area (Å²) >= 11 is 0. The van der Waals surface area contributed by atoms with Crippen LogP contribution in [0.5, 0.6) is 0 Å². The fourth-order valence-corrected chi connectivity index (χ4v) is 2.70. The summed E-state index contributed by atoms with van der Waals surface area (Å²) in [5.41, 5.74) is 1.76. The molecule has 5 nitrogen and oxygen atoms in total. The van der Waals surface area contributed by atoms with Gasteiger partial charge in [0.05, 0.1) is 4.90 Å². The van der Waals surface area contributed by atoms with Gasteiger partial charge in [-0.2, -0.15) is 0 Å². The van der Waals surface area contributed by atoms with E-state index in [1.807, 2.05) is 24.3 Å². The van der Waals surface area contributed by atoms with Crippen molar-refractivity contribution in [3.63, 3.8) is 0 Å². The zero-order valence-corrected chi connectivity index (χ0v) is 11.9. The lowest BCUT2D eigenvalue weighted by molar-refractivity contribution is 0.581. The molecular weight excluding hydrogens is 276 g/mol. The molecule has 106 valence electrons. The summed E-state index contributed by atoms with van der Waals surface area (Å²) in [6.45, 7) is 2.28. The molecule has 20 heavy (non-hydrogen) atoms. The second kappa shape index (κ2) is 6.02. The summed E-state index contributed by atoms with van der Waals surface area (Å²) in [7, 11) is -3.61. The highest BCUT2D eigenvalue weighted by molar-refractivity contribution is 7.89. The molecule has 2 aromatic rings.